The Morgan fingerprint density at radius 1 is 0.814 bits per heavy atom. The molecule has 0 unspecified atom stereocenters. The average molecular weight is 587 g/mol. The van der Waals surface area contributed by atoms with Gasteiger partial charge in [-0.3, -0.25) is 9.59 Å². The van der Waals surface area contributed by atoms with Crippen LogP contribution < -0.4 is 32.6 Å². The van der Waals surface area contributed by atoms with Crippen molar-refractivity contribution in [1.29, 1.82) is 0 Å². The first-order valence-corrected chi connectivity index (χ1v) is 13.5. The predicted octanol–water partition coefficient (Wildman–Crippen LogP) is 3.93. The fraction of sp³-hybridized carbons (Fsp3) is 0.156. The summed E-state index contributed by atoms with van der Waals surface area (Å²) in [6.07, 6.45) is 0.761. The highest BCUT2D eigenvalue weighted by Gasteiger charge is 2.18. The molecule has 43 heavy (non-hydrogen) atoms. The highest BCUT2D eigenvalue weighted by Crippen LogP contribution is 2.25. The number of aliphatic imine (C=N–C) groups is 1. The molecule has 0 fully saturated rings. The van der Waals surface area contributed by atoms with E-state index in [1.54, 1.807) is 54.6 Å². The summed E-state index contributed by atoms with van der Waals surface area (Å²) in [5, 5.41) is 5.61. The van der Waals surface area contributed by atoms with E-state index in [0.717, 1.165) is 11.1 Å². The zero-order valence-corrected chi connectivity index (χ0v) is 23.2. The number of carbonyl (C=O) groups excluding carboxylic acids is 2. The maximum Gasteiger partial charge on any atom is 0.255 e. The third kappa shape index (κ3) is 9.37. The Kier molecular flexibility index (Phi) is 10.4. The van der Waals surface area contributed by atoms with Gasteiger partial charge >= 0.3 is 0 Å². The lowest BCUT2D eigenvalue weighted by Crippen LogP contribution is -2.37. The Balaban J connectivity index is 1.44. The lowest BCUT2D eigenvalue weighted by Gasteiger charge is -2.16. The van der Waals surface area contributed by atoms with Crippen molar-refractivity contribution in [2.75, 3.05) is 11.9 Å². The van der Waals surface area contributed by atoms with Crippen molar-refractivity contribution in [2.24, 2.45) is 22.2 Å². The number of nitrogens with one attached hydrogen (secondary N) is 2. The van der Waals surface area contributed by atoms with E-state index in [-0.39, 0.29) is 41.9 Å². The molecule has 0 spiro atoms. The number of hydrogen-bond donors (Lipinski definition) is 5. The molecule has 222 valence electrons. The molecule has 4 aromatic carbocycles. The topological polar surface area (TPSA) is 158 Å². The van der Waals surface area contributed by atoms with Gasteiger partial charge in [0.2, 0.25) is 5.91 Å². The van der Waals surface area contributed by atoms with Crippen LogP contribution in [-0.4, -0.2) is 30.4 Å². The zero-order valence-electron chi connectivity index (χ0n) is 23.2. The molecule has 0 radical (unpaired) electrons. The maximum absolute atomic E-state index is 13.3. The Labute approximate surface area is 247 Å². The van der Waals surface area contributed by atoms with E-state index in [2.05, 4.69) is 15.6 Å². The van der Waals surface area contributed by atoms with Gasteiger partial charge in [-0.05, 0) is 78.1 Å². The number of halogens is 2. The van der Waals surface area contributed by atoms with Crippen LogP contribution in [0.1, 0.15) is 27.0 Å². The second-order valence-corrected chi connectivity index (χ2v) is 9.76. The molecule has 0 aliphatic carbocycles. The Morgan fingerprint density at radius 2 is 1.42 bits per heavy atom. The third-order valence-corrected chi connectivity index (χ3v) is 6.40. The molecule has 9 nitrogen and oxygen atoms in total. The first kappa shape index (κ1) is 30.7. The first-order valence-electron chi connectivity index (χ1n) is 13.5. The van der Waals surface area contributed by atoms with Crippen LogP contribution in [-0.2, 0) is 24.2 Å². The van der Waals surface area contributed by atoms with Gasteiger partial charge in [0, 0.05) is 18.3 Å². The van der Waals surface area contributed by atoms with Crippen LogP contribution in [0, 0.1) is 11.6 Å². The Morgan fingerprint density at radius 3 is 2.05 bits per heavy atom. The number of nitrogens with zero attached hydrogens (tertiary/aromatic N) is 1. The van der Waals surface area contributed by atoms with E-state index >= 15 is 0 Å². The fourth-order valence-corrected chi connectivity index (χ4v) is 4.15. The third-order valence-electron chi connectivity index (χ3n) is 6.40. The Hall–Kier alpha value is -5.29. The van der Waals surface area contributed by atoms with Crippen molar-refractivity contribution in [1.82, 2.24) is 5.32 Å². The van der Waals surface area contributed by atoms with Gasteiger partial charge in [0.25, 0.3) is 5.91 Å². The summed E-state index contributed by atoms with van der Waals surface area (Å²) in [6, 6.07) is 22.6. The van der Waals surface area contributed by atoms with Crippen LogP contribution in [0.25, 0.3) is 0 Å². The van der Waals surface area contributed by atoms with Crippen LogP contribution in [0.5, 0.6) is 5.75 Å². The normalized spacial score (nSPS) is 11.3. The number of carbonyl (C=O) groups is 2. The maximum atomic E-state index is 13.3. The number of rotatable bonds is 12. The summed E-state index contributed by atoms with van der Waals surface area (Å²) in [5.41, 5.74) is 20.5. The van der Waals surface area contributed by atoms with Gasteiger partial charge in [-0.2, -0.15) is 0 Å². The van der Waals surface area contributed by atoms with Crippen LogP contribution in [0.2, 0.25) is 0 Å². The summed E-state index contributed by atoms with van der Waals surface area (Å²) in [5.74, 6) is -1.38. The second kappa shape index (κ2) is 14.6. The van der Waals surface area contributed by atoms with E-state index in [0.29, 0.717) is 29.9 Å². The standard InChI is InChI=1S/C32H32F2N6O3/c33-23-7-1-20(2-8-23)15-16-38-30(41)27-14-13-26(18-29(27)43-19-22-3-9-24(34)10-4-22)39-31(42)28(35)17-21-5-11-25(12-6-21)40-32(36)37/h1-14,18,28H,15-17,19,35H2,(H,38,41)(H,39,42)(H4,36,37,40)/t28-/m0/s1. The van der Waals surface area contributed by atoms with Gasteiger partial charge < -0.3 is 32.6 Å². The van der Waals surface area contributed by atoms with Crippen molar-refractivity contribution in [3.63, 3.8) is 0 Å². The smallest absolute Gasteiger partial charge is 0.255 e. The van der Waals surface area contributed by atoms with Gasteiger partial charge in [-0.25, -0.2) is 13.8 Å². The number of ether oxygens (including phenoxy) is 1. The van der Waals surface area contributed by atoms with Crippen LogP contribution in [0.3, 0.4) is 0 Å². The van der Waals surface area contributed by atoms with Crippen molar-refractivity contribution >= 4 is 29.1 Å². The lowest BCUT2D eigenvalue weighted by molar-refractivity contribution is -0.117. The molecule has 0 saturated heterocycles. The molecular formula is C32H32F2N6O3. The molecule has 0 aliphatic heterocycles. The molecule has 8 N–H and O–H groups in total. The number of amides is 2. The van der Waals surface area contributed by atoms with E-state index in [4.69, 9.17) is 21.9 Å². The monoisotopic (exact) mass is 586 g/mol. The van der Waals surface area contributed by atoms with Crippen molar-refractivity contribution in [3.05, 3.63) is 125 Å². The minimum absolute atomic E-state index is 0.0571. The molecule has 0 aliphatic rings. The van der Waals surface area contributed by atoms with Crippen molar-refractivity contribution in [2.45, 2.75) is 25.5 Å². The predicted molar refractivity (Wildman–Crippen MR) is 162 cm³/mol. The molecule has 0 aromatic heterocycles. The molecule has 0 bridgehead atoms. The van der Waals surface area contributed by atoms with Gasteiger partial charge in [0.05, 0.1) is 17.3 Å². The fourth-order valence-electron chi connectivity index (χ4n) is 4.15. The summed E-state index contributed by atoms with van der Waals surface area (Å²) >= 11 is 0. The molecule has 0 heterocycles. The summed E-state index contributed by atoms with van der Waals surface area (Å²) in [4.78, 5) is 29.9. The molecule has 1 atom stereocenters. The van der Waals surface area contributed by atoms with Gasteiger partial charge in [-0.15, -0.1) is 0 Å². The lowest BCUT2D eigenvalue weighted by atomic mass is 10.1. The minimum Gasteiger partial charge on any atom is -0.488 e. The highest BCUT2D eigenvalue weighted by molar-refractivity contribution is 5.99. The van der Waals surface area contributed by atoms with Gasteiger partial charge in [-0.1, -0.05) is 36.4 Å². The molecule has 2 amide bonds. The Bertz CT molecular complexity index is 1570. The van der Waals surface area contributed by atoms with E-state index in [1.165, 1.54) is 36.4 Å². The second-order valence-electron chi connectivity index (χ2n) is 9.76. The molecular weight excluding hydrogens is 554 g/mol. The molecule has 11 heteroatoms. The average Bonchev–Trinajstić information content (AvgIpc) is 2.98. The number of guanidine groups is 1. The number of benzene rings is 4. The van der Waals surface area contributed by atoms with Crippen molar-refractivity contribution in [3.8, 4) is 5.75 Å². The van der Waals surface area contributed by atoms with Gasteiger partial charge in [0.15, 0.2) is 5.96 Å². The van der Waals surface area contributed by atoms with Crippen LogP contribution >= 0.6 is 0 Å². The van der Waals surface area contributed by atoms with Gasteiger partial charge in [0.1, 0.15) is 24.0 Å². The van der Waals surface area contributed by atoms with Crippen molar-refractivity contribution < 1.29 is 23.1 Å². The van der Waals surface area contributed by atoms with Crippen LogP contribution in [0.15, 0.2) is 96.0 Å². The first-order chi connectivity index (χ1) is 20.7. The summed E-state index contributed by atoms with van der Waals surface area (Å²) in [7, 11) is 0. The van der Waals surface area contributed by atoms with Crippen LogP contribution in [0.4, 0.5) is 20.2 Å². The number of hydrogen-bond acceptors (Lipinski definition) is 5. The molecule has 4 rings (SSSR count). The molecule has 0 saturated carbocycles. The quantitative estimate of drug-likeness (QED) is 0.125. The van der Waals surface area contributed by atoms with E-state index in [9.17, 15) is 18.4 Å². The summed E-state index contributed by atoms with van der Waals surface area (Å²) < 4.78 is 32.5. The number of anilines is 1. The van der Waals surface area contributed by atoms with E-state index < -0.39 is 17.9 Å². The largest absolute Gasteiger partial charge is 0.488 e. The molecule has 4 aromatic rings. The zero-order chi connectivity index (χ0) is 30.8. The highest BCUT2D eigenvalue weighted by atomic mass is 19.1. The summed E-state index contributed by atoms with van der Waals surface area (Å²) in [6.45, 7) is 0.366. The van der Waals surface area contributed by atoms with E-state index in [1.807, 2.05) is 0 Å². The number of nitrogens with two attached hydrogens (primary N) is 3. The minimum atomic E-state index is -0.869. The SMILES string of the molecule is NC(N)=Nc1ccc(C[C@H](N)C(=O)Nc2ccc(C(=O)NCCc3ccc(F)cc3)c(OCc3ccc(F)cc3)c2)cc1.